The van der Waals surface area contributed by atoms with Crippen LogP contribution >= 0.6 is 11.6 Å². The van der Waals surface area contributed by atoms with Gasteiger partial charge in [0, 0.05) is 10.6 Å². The van der Waals surface area contributed by atoms with Crippen molar-refractivity contribution in [2.75, 3.05) is 0 Å². The smallest absolute Gasteiger partial charge is 0.129 e. The molecule has 2 rings (SSSR count). The molecule has 106 valence electrons. The molecule has 0 heterocycles. The van der Waals surface area contributed by atoms with Crippen molar-refractivity contribution in [1.82, 2.24) is 0 Å². The van der Waals surface area contributed by atoms with Gasteiger partial charge in [-0.3, -0.25) is 0 Å². The second-order valence-corrected chi connectivity index (χ2v) is 5.50. The number of rotatable bonds is 4. The summed E-state index contributed by atoms with van der Waals surface area (Å²) in [5, 5.41) is 0.364. The Kier molecular flexibility index (Phi) is 4.79. The lowest BCUT2D eigenvalue weighted by atomic mass is 9.94. The van der Waals surface area contributed by atoms with Crippen molar-refractivity contribution in [2.24, 2.45) is 5.73 Å². The van der Waals surface area contributed by atoms with Gasteiger partial charge in [0.25, 0.3) is 0 Å². The quantitative estimate of drug-likeness (QED) is 0.839. The summed E-state index contributed by atoms with van der Waals surface area (Å²) in [4.78, 5) is 0. The van der Waals surface area contributed by atoms with Gasteiger partial charge in [0.1, 0.15) is 5.82 Å². The SMILES string of the molecule is CCC(C)c1ccc(C(N)c2c(F)cccc2Cl)cc1. The van der Waals surface area contributed by atoms with Crippen LogP contribution in [-0.4, -0.2) is 0 Å². The zero-order valence-corrected chi connectivity index (χ0v) is 12.5. The monoisotopic (exact) mass is 291 g/mol. The average Bonchev–Trinajstić information content (AvgIpc) is 2.46. The van der Waals surface area contributed by atoms with E-state index in [1.165, 1.54) is 11.6 Å². The highest BCUT2D eigenvalue weighted by Crippen LogP contribution is 2.29. The minimum absolute atomic E-state index is 0.352. The van der Waals surface area contributed by atoms with Gasteiger partial charge in [0.05, 0.1) is 6.04 Å². The van der Waals surface area contributed by atoms with Crippen LogP contribution in [0, 0.1) is 5.82 Å². The Morgan fingerprint density at radius 3 is 2.25 bits per heavy atom. The zero-order chi connectivity index (χ0) is 14.7. The lowest BCUT2D eigenvalue weighted by molar-refractivity contribution is 0.600. The van der Waals surface area contributed by atoms with Crippen LogP contribution in [0.1, 0.15) is 48.9 Å². The molecule has 0 aliphatic carbocycles. The molecule has 0 amide bonds. The van der Waals surface area contributed by atoms with E-state index < -0.39 is 6.04 Å². The molecule has 0 aliphatic rings. The van der Waals surface area contributed by atoms with Crippen LogP contribution < -0.4 is 5.73 Å². The van der Waals surface area contributed by atoms with Crippen molar-refractivity contribution < 1.29 is 4.39 Å². The summed E-state index contributed by atoms with van der Waals surface area (Å²) in [6, 6.07) is 12.1. The highest BCUT2D eigenvalue weighted by Gasteiger charge is 2.17. The largest absolute Gasteiger partial charge is 0.320 e. The maximum absolute atomic E-state index is 13.9. The molecule has 2 aromatic rings. The first-order valence-corrected chi connectivity index (χ1v) is 7.21. The summed E-state index contributed by atoms with van der Waals surface area (Å²) in [5.41, 5.74) is 8.64. The van der Waals surface area contributed by atoms with Gasteiger partial charge in [-0.15, -0.1) is 0 Å². The van der Waals surface area contributed by atoms with Gasteiger partial charge in [-0.05, 0) is 35.6 Å². The fourth-order valence-electron chi connectivity index (χ4n) is 2.24. The third kappa shape index (κ3) is 3.02. The first-order chi connectivity index (χ1) is 9.54. The molecule has 2 unspecified atom stereocenters. The third-order valence-electron chi connectivity index (χ3n) is 3.79. The Morgan fingerprint density at radius 2 is 1.70 bits per heavy atom. The maximum atomic E-state index is 13.9. The molecule has 0 aromatic heterocycles. The van der Waals surface area contributed by atoms with Crippen LogP contribution in [0.4, 0.5) is 4.39 Å². The van der Waals surface area contributed by atoms with E-state index in [4.69, 9.17) is 17.3 Å². The predicted octanol–water partition coefficient (Wildman–Crippen LogP) is 5.04. The lowest BCUT2D eigenvalue weighted by Crippen LogP contribution is -2.14. The van der Waals surface area contributed by atoms with Crippen molar-refractivity contribution >= 4 is 11.6 Å². The van der Waals surface area contributed by atoms with Gasteiger partial charge in [-0.1, -0.05) is 55.8 Å². The van der Waals surface area contributed by atoms with Gasteiger partial charge < -0.3 is 5.73 Å². The van der Waals surface area contributed by atoms with Crippen LogP contribution in [0.2, 0.25) is 5.02 Å². The summed E-state index contributed by atoms with van der Waals surface area (Å²) in [7, 11) is 0. The van der Waals surface area contributed by atoms with Crippen molar-refractivity contribution in [1.29, 1.82) is 0 Å². The average molecular weight is 292 g/mol. The predicted molar refractivity (Wildman–Crippen MR) is 82.6 cm³/mol. The Labute approximate surface area is 124 Å². The van der Waals surface area contributed by atoms with E-state index in [1.807, 2.05) is 12.1 Å². The first kappa shape index (κ1) is 15.0. The molecule has 3 heteroatoms. The number of hydrogen-bond donors (Lipinski definition) is 1. The van der Waals surface area contributed by atoms with E-state index in [9.17, 15) is 4.39 Å². The van der Waals surface area contributed by atoms with Gasteiger partial charge in [-0.2, -0.15) is 0 Å². The van der Waals surface area contributed by atoms with Crippen molar-refractivity contribution in [3.8, 4) is 0 Å². The molecule has 0 saturated carbocycles. The Hall–Kier alpha value is -1.38. The van der Waals surface area contributed by atoms with E-state index in [0.717, 1.165) is 12.0 Å². The molecule has 1 nitrogen and oxygen atoms in total. The van der Waals surface area contributed by atoms with Crippen molar-refractivity contribution in [2.45, 2.75) is 32.2 Å². The van der Waals surface area contributed by atoms with Crippen molar-refractivity contribution in [3.63, 3.8) is 0 Å². The van der Waals surface area contributed by atoms with Gasteiger partial charge in [0.15, 0.2) is 0 Å². The Bertz CT molecular complexity index is 560. The molecule has 0 fully saturated rings. The molecule has 2 aromatic carbocycles. The molecular formula is C17H19ClFN. The molecule has 2 atom stereocenters. The normalized spacial score (nSPS) is 14.1. The summed E-state index contributed by atoms with van der Waals surface area (Å²) < 4.78 is 13.9. The van der Waals surface area contributed by atoms with Crippen LogP contribution in [0.5, 0.6) is 0 Å². The van der Waals surface area contributed by atoms with E-state index in [2.05, 4.69) is 26.0 Å². The molecule has 0 saturated heterocycles. The molecule has 20 heavy (non-hydrogen) atoms. The van der Waals surface area contributed by atoms with Gasteiger partial charge >= 0.3 is 0 Å². The molecular weight excluding hydrogens is 273 g/mol. The topological polar surface area (TPSA) is 26.0 Å². The summed E-state index contributed by atoms with van der Waals surface area (Å²) in [6.45, 7) is 4.34. The van der Waals surface area contributed by atoms with E-state index in [0.29, 0.717) is 16.5 Å². The van der Waals surface area contributed by atoms with Crippen LogP contribution in [0.25, 0.3) is 0 Å². The van der Waals surface area contributed by atoms with E-state index >= 15 is 0 Å². The first-order valence-electron chi connectivity index (χ1n) is 6.84. The maximum Gasteiger partial charge on any atom is 0.129 e. The number of benzene rings is 2. The summed E-state index contributed by atoms with van der Waals surface area (Å²) in [5.74, 6) is 0.147. The molecule has 0 spiro atoms. The minimum atomic E-state index is -0.547. The number of hydrogen-bond acceptors (Lipinski definition) is 1. The fourth-order valence-corrected chi connectivity index (χ4v) is 2.52. The molecule has 2 N–H and O–H groups in total. The van der Waals surface area contributed by atoms with Gasteiger partial charge in [-0.25, -0.2) is 4.39 Å². The third-order valence-corrected chi connectivity index (χ3v) is 4.12. The molecule has 0 radical (unpaired) electrons. The Morgan fingerprint density at radius 1 is 1.10 bits per heavy atom. The van der Waals surface area contributed by atoms with Gasteiger partial charge in [0.2, 0.25) is 0 Å². The standard InChI is InChI=1S/C17H19ClFN/c1-3-11(2)12-7-9-13(10-8-12)17(20)16-14(18)5-4-6-15(16)19/h4-11,17H,3,20H2,1-2H3. The highest BCUT2D eigenvalue weighted by molar-refractivity contribution is 6.31. The van der Waals surface area contributed by atoms with Crippen LogP contribution in [0.3, 0.4) is 0 Å². The fraction of sp³-hybridized carbons (Fsp3) is 0.294. The van der Waals surface area contributed by atoms with Crippen LogP contribution in [-0.2, 0) is 0 Å². The number of halogens is 2. The number of nitrogens with two attached hydrogens (primary N) is 1. The molecule has 0 bridgehead atoms. The van der Waals surface area contributed by atoms with Crippen molar-refractivity contribution in [3.05, 3.63) is 70.0 Å². The second kappa shape index (κ2) is 6.38. The summed E-state index contributed by atoms with van der Waals surface area (Å²) in [6.07, 6.45) is 1.09. The Balaban J connectivity index is 2.32. The zero-order valence-electron chi connectivity index (χ0n) is 11.7. The lowest BCUT2D eigenvalue weighted by Gasteiger charge is -2.16. The second-order valence-electron chi connectivity index (χ2n) is 5.09. The minimum Gasteiger partial charge on any atom is -0.320 e. The molecule has 0 aliphatic heterocycles. The van der Waals surface area contributed by atoms with Crippen LogP contribution in [0.15, 0.2) is 42.5 Å². The van der Waals surface area contributed by atoms with E-state index in [1.54, 1.807) is 12.1 Å². The summed E-state index contributed by atoms with van der Waals surface area (Å²) >= 11 is 6.06. The highest BCUT2D eigenvalue weighted by atomic mass is 35.5. The van der Waals surface area contributed by atoms with E-state index in [-0.39, 0.29) is 5.82 Å².